The predicted octanol–water partition coefficient (Wildman–Crippen LogP) is 1.68. The minimum Gasteiger partial charge on any atom is -0.481 e. The molecule has 0 saturated carbocycles. The summed E-state index contributed by atoms with van der Waals surface area (Å²) in [6.07, 6.45) is 3.72. The van der Waals surface area contributed by atoms with Gasteiger partial charge >= 0.3 is 11.9 Å². The van der Waals surface area contributed by atoms with Crippen LogP contribution < -0.4 is 0 Å². The smallest absolute Gasteiger partial charge is 0.311 e. The van der Waals surface area contributed by atoms with Crippen LogP contribution in [0, 0.1) is 11.8 Å². The van der Waals surface area contributed by atoms with Crippen LogP contribution in [-0.4, -0.2) is 22.2 Å². The lowest BCUT2D eigenvalue weighted by molar-refractivity contribution is -0.152. The maximum atomic E-state index is 11.1. The quantitative estimate of drug-likeness (QED) is 0.727. The van der Waals surface area contributed by atoms with Gasteiger partial charge in [-0.3, -0.25) is 9.59 Å². The molecule has 0 saturated heterocycles. The van der Waals surface area contributed by atoms with Crippen LogP contribution in [0.4, 0.5) is 0 Å². The largest absolute Gasteiger partial charge is 0.481 e. The Morgan fingerprint density at radius 1 is 1.27 bits per heavy atom. The van der Waals surface area contributed by atoms with Gasteiger partial charge < -0.3 is 10.2 Å². The van der Waals surface area contributed by atoms with Crippen LogP contribution in [0.1, 0.15) is 20.3 Å². The SMILES string of the molecule is CC(C)=C1C=CCC(C(=O)O)C1C(=O)O. The van der Waals surface area contributed by atoms with Crippen LogP contribution in [0.5, 0.6) is 0 Å². The summed E-state index contributed by atoms with van der Waals surface area (Å²) in [4.78, 5) is 22.0. The number of aliphatic carboxylic acids is 2. The van der Waals surface area contributed by atoms with Crippen LogP contribution in [0.15, 0.2) is 23.3 Å². The standard InChI is InChI=1S/C11H14O4/c1-6(2)7-4-3-5-8(10(12)13)9(7)11(14)15/h3-4,8-9H,5H2,1-2H3,(H,12,13)(H,14,15). The Bertz CT molecular complexity index is 348. The fraction of sp³-hybridized carbons (Fsp3) is 0.455. The fourth-order valence-electron chi connectivity index (χ4n) is 1.82. The molecule has 1 aliphatic carbocycles. The molecule has 0 spiro atoms. The normalized spacial score (nSPS) is 25.1. The van der Waals surface area contributed by atoms with Crippen molar-refractivity contribution in [2.75, 3.05) is 0 Å². The minimum atomic E-state index is -1.07. The van der Waals surface area contributed by atoms with Gasteiger partial charge in [0.25, 0.3) is 0 Å². The molecule has 0 aliphatic heterocycles. The van der Waals surface area contributed by atoms with Crippen molar-refractivity contribution in [1.82, 2.24) is 0 Å². The zero-order valence-electron chi connectivity index (χ0n) is 8.73. The number of allylic oxidation sites excluding steroid dienone is 3. The van der Waals surface area contributed by atoms with Crippen molar-refractivity contribution in [1.29, 1.82) is 0 Å². The van der Waals surface area contributed by atoms with Crippen LogP contribution in [0.2, 0.25) is 0 Å². The minimum absolute atomic E-state index is 0.281. The monoisotopic (exact) mass is 210 g/mol. The number of carboxylic acids is 2. The lowest BCUT2D eigenvalue weighted by Crippen LogP contribution is -2.32. The van der Waals surface area contributed by atoms with Crippen LogP contribution >= 0.6 is 0 Å². The Labute approximate surface area is 87.9 Å². The Kier molecular flexibility index (Phi) is 3.29. The first kappa shape index (κ1) is 11.5. The highest BCUT2D eigenvalue weighted by molar-refractivity contribution is 5.84. The van der Waals surface area contributed by atoms with Crippen molar-refractivity contribution in [3.8, 4) is 0 Å². The summed E-state index contributed by atoms with van der Waals surface area (Å²) in [5.74, 6) is -3.89. The molecule has 0 aromatic carbocycles. The Balaban J connectivity index is 3.17. The van der Waals surface area contributed by atoms with E-state index in [-0.39, 0.29) is 6.42 Å². The molecular weight excluding hydrogens is 196 g/mol. The molecule has 0 fully saturated rings. The van der Waals surface area contributed by atoms with Crippen molar-refractivity contribution in [3.05, 3.63) is 23.3 Å². The molecule has 0 radical (unpaired) electrons. The average molecular weight is 210 g/mol. The third-order valence-corrected chi connectivity index (χ3v) is 2.59. The fourth-order valence-corrected chi connectivity index (χ4v) is 1.82. The molecule has 4 heteroatoms. The summed E-state index contributed by atoms with van der Waals surface area (Å²) in [5, 5.41) is 18.0. The maximum Gasteiger partial charge on any atom is 0.311 e. The molecule has 82 valence electrons. The summed E-state index contributed by atoms with van der Waals surface area (Å²) in [5.41, 5.74) is 1.46. The van der Waals surface area contributed by atoms with Gasteiger partial charge in [-0.1, -0.05) is 17.7 Å². The average Bonchev–Trinajstić information content (AvgIpc) is 2.16. The highest BCUT2D eigenvalue weighted by Gasteiger charge is 2.37. The molecule has 2 unspecified atom stereocenters. The third-order valence-electron chi connectivity index (χ3n) is 2.59. The van der Waals surface area contributed by atoms with Crippen LogP contribution in [0.25, 0.3) is 0 Å². The number of hydrogen-bond acceptors (Lipinski definition) is 2. The summed E-state index contributed by atoms with van der Waals surface area (Å²) >= 11 is 0. The molecule has 1 aliphatic rings. The van der Waals surface area contributed by atoms with E-state index in [2.05, 4.69) is 0 Å². The second-order valence-corrected chi connectivity index (χ2v) is 3.85. The second kappa shape index (κ2) is 4.29. The summed E-state index contributed by atoms with van der Waals surface area (Å²) in [7, 11) is 0. The summed E-state index contributed by atoms with van der Waals surface area (Å²) < 4.78 is 0. The third kappa shape index (κ3) is 2.26. The molecule has 15 heavy (non-hydrogen) atoms. The van der Waals surface area contributed by atoms with E-state index in [1.54, 1.807) is 26.0 Å². The van der Waals surface area contributed by atoms with Crippen molar-refractivity contribution in [2.45, 2.75) is 20.3 Å². The van der Waals surface area contributed by atoms with E-state index in [1.807, 2.05) is 0 Å². The first-order chi connectivity index (χ1) is 6.95. The van der Waals surface area contributed by atoms with Crippen LogP contribution in [-0.2, 0) is 9.59 Å². The number of hydrogen-bond donors (Lipinski definition) is 2. The maximum absolute atomic E-state index is 11.1. The summed E-state index contributed by atoms with van der Waals surface area (Å²) in [6.45, 7) is 3.58. The van der Waals surface area contributed by atoms with E-state index in [1.165, 1.54) is 0 Å². The van der Waals surface area contributed by atoms with E-state index in [0.717, 1.165) is 5.57 Å². The lowest BCUT2D eigenvalue weighted by Gasteiger charge is -2.25. The van der Waals surface area contributed by atoms with E-state index in [4.69, 9.17) is 10.2 Å². The molecule has 0 amide bonds. The van der Waals surface area contributed by atoms with E-state index >= 15 is 0 Å². The van der Waals surface area contributed by atoms with Crippen molar-refractivity contribution >= 4 is 11.9 Å². The Hall–Kier alpha value is -1.58. The topological polar surface area (TPSA) is 74.6 Å². The highest BCUT2D eigenvalue weighted by Crippen LogP contribution is 2.32. The molecule has 0 bridgehead atoms. The zero-order valence-corrected chi connectivity index (χ0v) is 8.73. The van der Waals surface area contributed by atoms with E-state index in [9.17, 15) is 9.59 Å². The van der Waals surface area contributed by atoms with E-state index in [0.29, 0.717) is 5.57 Å². The molecule has 4 nitrogen and oxygen atoms in total. The first-order valence-corrected chi connectivity index (χ1v) is 4.74. The molecule has 0 aromatic heterocycles. The van der Waals surface area contributed by atoms with Gasteiger partial charge in [0.1, 0.15) is 0 Å². The number of carbonyl (C=O) groups is 2. The molecule has 2 atom stereocenters. The number of carboxylic acid groups (broad SMARTS) is 2. The molecule has 0 aromatic rings. The first-order valence-electron chi connectivity index (χ1n) is 4.74. The molecule has 0 heterocycles. The van der Waals surface area contributed by atoms with Gasteiger partial charge in [-0.2, -0.15) is 0 Å². The van der Waals surface area contributed by atoms with E-state index < -0.39 is 23.8 Å². The summed E-state index contributed by atoms with van der Waals surface area (Å²) in [6, 6.07) is 0. The Morgan fingerprint density at radius 2 is 1.87 bits per heavy atom. The zero-order chi connectivity index (χ0) is 11.6. The van der Waals surface area contributed by atoms with Crippen molar-refractivity contribution in [3.63, 3.8) is 0 Å². The van der Waals surface area contributed by atoms with Gasteiger partial charge in [-0.05, 0) is 25.8 Å². The van der Waals surface area contributed by atoms with Gasteiger partial charge in [0.15, 0.2) is 0 Å². The molecule has 2 N–H and O–H groups in total. The second-order valence-electron chi connectivity index (χ2n) is 3.85. The van der Waals surface area contributed by atoms with Crippen molar-refractivity contribution in [2.24, 2.45) is 11.8 Å². The van der Waals surface area contributed by atoms with Gasteiger partial charge in [-0.25, -0.2) is 0 Å². The van der Waals surface area contributed by atoms with Gasteiger partial charge in [0.2, 0.25) is 0 Å². The lowest BCUT2D eigenvalue weighted by atomic mass is 9.78. The van der Waals surface area contributed by atoms with Gasteiger partial charge in [-0.15, -0.1) is 0 Å². The predicted molar refractivity (Wildman–Crippen MR) is 54.4 cm³/mol. The Morgan fingerprint density at radius 3 is 2.27 bits per heavy atom. The number of rotatable bonds is 2. The van der Waals surface area contributed by atoms with Crippen molar-refractivity contribution < 1.29 is 19.8 Å². The van der Waals surface area contributed by atoms with Gasteiger partial charge in [0, 0.05) is 0 Å². The van der Waals surface area contributed by atoms with Gasteiger partial charge in [0.05, 0.1) is 11.8 Å². The molecular formula is C11H14O4. The highest BCUT2D eigenvalue weighted by atomic mass is 16.4. The van der Waals surface area contributed by atoms with Crippen LogP contribution in [0.3, 0.4) is 0 Å². The molecule has 1 rings (SSSR count).